The Labute approximate surface area is 186 Å². The summed E-state index contributed by atoms with van der Waals surface area (Å²) in [6.07, 6.45) is 3.55. The van der Waals surface area contributed by atoms with Crippen LogP contribution in [0.2, 0.25) is 0 Å². The van der Waals surface area contributed by atoms with E-state index in [4.69, 9.17) is 9.47 Å². The maximum Gasteiger partial charge on any atom is 0.282 e. The number of unbranched alkanes of at least 4 members (excludes halogenated alkanes) is 1. The van der Waals surface area contributed by atoms with Gasteiger partial charge in [0.2, 0.25) is 0 Å². The molecule has 9 nitrogen and oxygen atoms in total. The highest BCUT2D eigenvalue weighted by atomic mass is 79.9. The number of benzene rings is 2. The van der Waals surface area contributed by atoms with Gasteiger partial charge in [-0.1, -0.05) is 29.3 Å². The lowest BCUT2D eigenvalue weighted by molar-refractivity contribution is -0.385. The number of hydrogen-bond acceptors (Lipinski definition) is 7. The number of nitrogens with zero attached hydrogens (tertiary/aromatic N) is 4. The zero-order chi connectivity index (χ0) is 22.5. The van der Waals surface area contributed by atoms with Gasteiger partial charge in [0.25, 0.3) is 11.2 Å². The van der Waals surface area contributed by atoms with Crippen molar-refractivity contribution in [2.24, 2.45) is 5.10 Å². The third kappa shape index (κ3) is 4.74. The quantitative estimate of drug-likeness (QED) is 0.265. The van der Waals surface area contributed by atoms with Gasteiger partial charge in [-0.2, -0.15) is 9.78 Å². The highest BCUT2D eigenvalue weighted by Gasteiger charge is 2.19. The van der Waals surface area contributed by atoms with E-state index in [1.54, 1.807) is 12.1 Å². The maximum atomic E-state index is 13.1. The first-order valence-electron chi connectivity index (χ1n) is 9.55. The first-order valence-corrected chi connectivity index (χ1v) is 10.3. The van der Waals surface area contributed by atoms with Crippen LogP contribution in [0.25, 0.3) is 10.9 Å². The van der Waals surface area contributed by atoms with Crippen molar-refractivity contribution in [3.05, 3.63) is 66.7 Å². The highest BCUT2D eigenvalue weighted by Crippen LogP contribution is 2.33. The van der Waals surface area contributed by atoms with Crippen molar-refractivity contribution >= 4 is 38.7 Å². The molecule has 0 aliphatic rings. The van der Waals surface area contributed by atoms with Crippen molar-refractivity contribution in [3.63, 3.8) is 0 Å². The monoisotopic (exact) mass is 488 g/mol. The summed E-state index contributed by atoms with van der Waals surface area (Å²) in [5, 5.41) is 16.2. The minimum Gasteiger partial charge on any atom is -0.493 e. The Morgan fingerprint density at radius 3 is 2.58 bits per heavy atom. The number of hydrogen-bond donors (Lipinski definition) is 0. The molecule has 0 amide bonds. The van der Waals surface area contributed by atoms with Gasteiger partial charge in [0.15, 0.2) is 11.5 Å². The number of rotatable bonds is 8. The van der Waals surface area contributed by atoms with Gasteiger partial charge < -0.3 is 9.47 Å². The lowest BCUT2D eigenvalue weighted by Gasteiger charge is -2.10. The summed E-state index contributed by atoms with van der Waals surface area (Å²) in [4.78, 5) is 28.7. The first-order chi connectivity index (χ1) is 14.9. The molecule has 0 saturated carbocycles. The molecule has 0 unspecified atom stereocenters. The molecule has 0 spiro atoms. The Bertz CT molecular complexity index is 1220. The molecule has 1 aromatic heterocycles. The fourth-order valence-electron chi connectivity index (χ4n) is 3.08. The van der Waals surface area contributed by atoms with Crippen molar-refractivity contribution in [1.82, 2.24) is 9.66 Å². The molecular weight excluding hydrogens is 468 g/mol. The Hall–Kier alpha value is -3.27. The molecule has 10 heteroatoms. The number of fused-ring (bicyclic) bond motifs is 1. The van der Waals surface area contributed by atoms with Crippen LogP contribution in [0, 0.1) is 10.1 Å². The molecule has 0 atom stereocenters. The van der Waals surface area contributed by atoms with Crippen LogP contribution in [-0.2, 0) is 6.42 Å². The van der Waals surface area contributed by atoms with Crippen LogP contribution in [0.15, 0.2) is 44.7 Å². The molecule has 0 aliphatic heterocycles. The van der Waals surface area contributed by atoms with Gasteiger partial charge in [-0.05, 0) is 30.7 Å². The van der Waals surface area contributed by atoms with E-state index in [1.165, 1.54) is 37.2 Å². The SMILES string of the molecule is CCCCc1nc2ccc(Br)cc2c(=O)n1N=Cc1cc(OC)c(OC)cc1[N+](=O)[O-]. The van der Waals surface area contributed by atoms with E-state index in [-0.39, 0.29) is 22.6 Å². The summed E-state index contributed by atoms with van der Waals surface area (Å²) < 4.78 is 12.3. The highest BCUT2D eigenvalue weighted by molar-refractivity contribution is 9.10. The predicted octanol–water partition coefficient (Wildman–Crippen LogP) is 4.31. The summed E-state index contributed by atoms with van der Waals surface area (Å²) in [5.74, 6) is 1.03. The number of aryl methyl sites for hydroxylation is 1. The molecule has 3 rings (SSSR count). The Balaban J connectivity index is 2.19. The topological polar surface area (TPSA) is 109 Å². The van der Waals surface area contributed by atoms with E-state index >= 15 is 0 Å². The van der Waals surface area contributed by atoms with Crippen LogP contribution in [0.5, 0.6) is 11.5 Å². The van der Waals surface area contributed by atoms with Crippen LogP contribution in [0.4, 0.5) is 5.69 Å². The fraction of sp³-hybridized carbons (Fsp3) is 0.286. The van der Waals surface area contributed by atoms with Gasteiger partial charge in [0, 0.05) is 10.9 Å². The van der Waals surface area contributed by atoms with Crippen molar-refractivity contribution < 1.29 is 14.4 Å². The fourth-order valence-corrected chi connectivity index (χ4v) is 3.44. The van der Waals surface area contributed by atoms with Crippen LogP contribution in [0.1, 0.15) is 31.2 Å². The molecule has 31 heavy (non-hydrogen) atoms. The number of nitro groups is 1. The second kappa shape index (κ2) is 9.69. The van der Waals surface area contributed by atoms with Gasteiger partial charge in [-0.15, -0.1) is 0 Å². The third-order valence-corrected chi connectivity index (χ3v) is 5.16. The Kier molecular flexibility index (Phi) is 7.01. The largest absolute Gasteiger partial charge is 0.493 e. The van der Waals surface area contributed by atoms with E-state index in [2.05, 4.69) is 26.0 Å². The van der Waals surface area contributed by atoms with Crippen LogP contribution in [0.3, 0.4) is 0 Å². The molecule has 2 aromatic carbocycles. The van der Waals surface area contributed by atoms with Crippen LogP contribution < -0.4 is 15.0 Å². The van der Waals surface area contributed by atoms with E-state index in [0.29, 0.717) is 28.9 Å². The van der Waals surface area contributed by atoms with E-state index in [9.17, 15) is 14.9 Å². The third-order valence-electron chi connectivity index (χ3n) is 4.67. The summed E-state index contributed by atoms with van der Waals surface area (Å²) in [6.45, 7) is 2.04. The van der Waals surface area contributed by atoms with Crippen LogP contribution >= 0.6 is 15.9 Å². The zero-order valence-corrected chi connectivity index (χ0v) is 18.9. The smallest absolute Gasteiger partial charge is 0.282 e. The van der Waals surface area contributed by atoms with Gasteiger partial charge in [-0.25, -0.2) is 4.98 Å². The summed E-state index contributed by atoms with van der Waals surface area (Å²) >= 11 is 3.37. The molecule has 0 aliphatic carbocycles. The summed E-state index contributed by atoms with van der Waals surface area (Å²) in [5.41, 5.74) is 0.172. The number of methoxy groups -OCH3 is 2. The van der Waals surface area contributed by atoms with Crippen molar-refractivity contribution in [2.45, 2.75) is 26.2 Å². The van der Waals surface area contributed by atoms with Gasteiger partial charge in [0.1, 0.15) is 5.82 Å². The normalized spacial score (nSPS) is 11.2. The minimum absolute atomic E-state index is 0.172. The Morgan fingerprint density at radius 1 is 1.23 bits per heavy atom. The zero-order valence-electron chi connectivity index (χ0n) is 17.3. The minimum atomic E-state index is -0.542. The lowest BCUT2D eigenvalue weighted by Crippen LogP contribution is -2.22. The van der Waals surface area contributed by atoms with Crippen molar-refractivity contribution in [1.29, 1.82) is 0 Å². The number of halogens is 1. The molecule has 0 N–H and O–H groups in total. The number of aromatic nitrogens is 2. The molecule has 0 saturated heterocycles. The molecule has 1 heterocycles. The maximum absolute atomic E-state index is 13.1. The van der Waals surface area contributed by atoms with Crippen molar-refractivity contribution in [2.75, 3.05) is 14.2 Å². The molecule has 3 aromatic rings. The van der Waals surface area contributed by atoms with Gasteiger partial charge in [-0.3, -0.25) is 14.9 Å². The molecule has 0 radical (unpaired) electrons. The second-order valence-corrected chi connectivity index (χ2v) is 7.59. The summed E-state index contributed by atoms with van der Waals surface area (Å²) in [6, 6.07) is 7.97. The molecule has 0 fully saturated rings. The standard InChI is InChI=1S/C21H21BrN4O5/c1-4-5-6-20-24-16-8-7-14(22)10-15(16)21(27)25(20)23-12-13-9-18(30-2)19(31-3)11-17(13)26(28)29/h7-12H,4-6H2,1-3H3. The number of nitro benzene ring substituents is 1. The van der Waals surface area contributed by atoms with Gasteiger partial charge >= 0.3 is 0 Å². The average Bonchev–Trinajstić information content (AvgIpc) is 2.76. The predicted molar refractivity (Wildman–Crippen MR) is 122 cm³/mol. The number of ether oxygens (including phenoxy) is 2. The van der Waals surface area contributed by atoms with Crippen molar-refractivity contribution in [3.8, 4) is 11.5 Å². The molecular formula is C21H21BrN4O5. The van der Waals surface area contributed by atoms with E-state index in [1.807, 2.05) is 13.0 Å². The van der Waals surface area contributed by atoms with E-state index in [0.717, 1.165) is 17.3 Å². The lowest BCUT2D eigenvalue weighted by atomic mass is 10.1. The summed E-state index contributed by atoms with van der Waals surface area (Å²) in [7, 11) is 2.83. The molecule has 162 valence electrons. The second-order valence-electron chi connectivity index (χ2n) is 6.68. The van der Waals surface area contributed by atoms with Gasteiger partial charge in [0.05, 0.1) is 47.9 Å². The Morgan fingerprint density at radius 2 is 1.94 bits per heavy atom. The first kappa shape index (κ1) is 22.4. The molecule has 0 bridgehead atoms. The average molecular weight is 489 g/mol. The van der Waals surface area contributed by atoms with Crippen LogP contribution in [-0.4, -0.2) is 35.0 Å². The van der Waals surface area contributed by atoms with E-state index < -0.39 is 4.92 Å².